The van der Waals surface area contributed by atoms with E-state index in [1.54, 1.807) is 6.33 Å². The molecule has 1 aromatic rings. The second-order valence-electron chi connectivity index (χ2n) is 4.47. The third kappa shape index (κ3) is 3.83. The second kappa shape index (κ2) is 5.07. The summed E-state index contributed by atoms with van der Waals surface area (Å²) in [5.41, 5.74) is 6.80. The molecule has 0 amide bonds. The van der Waals surface area contributed by atoms with Crippen LogP contribution in [-0.2, 0) is 6.42 Å². The Morgan fingerprint density at radius 1 is 1.40 bits per heavy atom. The van der Waals surface area contributed by atoms with Crippen molar-refractivity contribution in [2.45, 2.75) is 27.2 Å². The van der Waals surface area contributed by atoms with Crippen LogP contribution in [0, 0.1) is 5.41 Å². The van der Waals surface area contributed by atoms with Crippen LogP contribution >= 0.6 is 0 Å². The van der Waals surface area contributed by atoms with Gasteiger partial charge >= 0.3 is 0 Å². The van der Waals surface area contributed by atoms with Crippen molar-refractivity contribution in [2.24, 2.45) is 11.1 Å². The quantitative estimate of drug-likeness (QED) is 0.768. The lowest BCUT2D eigenvalue weighted by Crippen LogP contribution is -2.31. The van der Waals surface area contributed by atoms with Gasteiger partial charge in [0.1, 0.15) is 12.1 Å². The highest BCUT2D eigenvalue weighted by atomic mass is 15.0. The summed E-state index contributed by atoms with van der Waals surface area (Å²) in [5.74, 6) is 0.878. The summed E-state index contributed by atoms with van der Waals surface area (Å²) in [6, 6.07) is 1.98. The van der Waals surface area contributed by atoms with E-state index in [0.717, 1.165) is 24.5 Å². The smallest absolute Gasteiger partial charge is 0.129 e. The summed E-state index contributed by atoms with van der Waals surface area (Å²) in [4.78, 5) is 8.31. The minimum atomic E-state index is 0.0946. The molecule has 1 heterocycles. The normalized spacial score (nSPS) is 11.5. The van der Waals surface area contributed by atoms with Crippen LogP contribution in [0.1, 0.15) is 26.5 Å². The molecule has 1 rings (SSSR count). The maximum atomic E-state index is 5.65. The van der Waals surface area contributed by atoms with Gasteiger partial charge in [0.2, 0.25) is 0 Å². The number of nitrogens with two attached hydrogens (primary N) is 1. The largest absolute Gasteiger partial charge is 0.369 e. The standard InChI is InChI=1S/C11H20N4/c1-4-9-5-10(15-8-14-9)13-7-11(2,3)6-12/h5,8H,4,6-7,12H2,1-3H3,(H,13,14,15). The predicted octanol–water partition coefficient (Wildman–Crippen LogP) is 1.44. The summed E-state index contributed by atoms with van der Waals surface area (Å²) >= 11 is 0. The molecule has 0 spiro atoms. The fraction of sp³-hybridized carbons (Fsp3) is 0.636. The molecule has 0 unspecified atom stereocenters. The number of hydrogen-bond donors (Lipinski definition) is 2. The van der Waals surface area contributed by atoms with Crippen LogP contribution in [-0.4, -0.2) is 23.1 Å². The minimum Gasteiger partial charge on any atom is -0.369 e. The molecular weight excluding hydrogens is 188 g/mol. The van der Waals surface area contributed by atoms with E-state index >= 15 is 0 Å². The first-order valence-corrected chi connectivity index (χ1v) is 5.32. The van der Waals surface area contributed by atoms with E-state index in [-0.39, 0.29) is 5.41 Å². The molecule has 0 radical (unpaired) electrons. The van der Waals surface area contributed by atoms with Crippen molar-refractivity contribution in [1.82, 2.24) is 9.97 Å². The van der Waals surface area contributed by atoms with Gasteiger partial charge in [-0.3, -0.25) is 0 Å². The zero-order chi connectivity index (χ0) is 11.3. The lowest BCUT2D eigenvalue weighted by Gasteiger charge is -2.22. The minimum absolute atomic E-state index is 0.0946. The lowest BCUT2D eigenvalue weighted by molar-refractivity contribution is 0.405. The number of nitrogens with one attached hydrogen (secondary N) is 1. The molecular formula is C11H20N4. The molecule has 0 saturated heterocycles. The number of aryl methyl sites for hydroxylation is 1. The van der Waals surface area contributed by atoms with Gasteiger partial charge in [-0.2, -0.15) is 0 Å². The topological polar surface area (TPSA) is 63.8 Å². The van der Waals surface area contributed by atoms with Crippen LogP contribution in [0.5, 0.6) is 0 Å². The van der Waals surface area contributed by atoms with E-state index in [1.165, 1.54) is 0 Å². The van der Waals surface area contributed by atoms with E-state index in [4.69, 9.17) is 5.73 Å². The molecule has 0 fully saturated rings. The monoisotopic (exact) mass is 208 g/mol. The van der Waals surface area contributed by atoms with Gasteiger partial charge in [0.15, 0.2) is 0 Å². The Morgan fingerprint density at radius 2 is 2.13 bits per heavy atom. The van der Waals surface area contributed by atoms with Crippen molar-refractivity contribution in [3.63, 3.8) is 0 Å². The van der Waals surface area contributed by atoms with E-state index in [1.807, 2.05) is 6.07 Å². The second-order valence-corrected chi connectivity index (χ2v) is 4.47. The number of aromatic nitrogens is 2. The molecule has 0 saturated carbocycles. The Bertz CT molecular complexity index is 309. The molecule has 0 atom stereocenters. The van der Waals surface area contributed by atoms with Crippen LogP contribution < -0.4 is 11.1 Å². The molecule has 1 aromatic heterocycles. The van der Waals surface area contributed by atoms with E-state index in [2.05, 4.69) is 36.1 Å². The molecule has 0 aliphatic carbocycles. The number of nitrogens with zero attached hydrogens (tertiary/aromatic N) is 2. The van der Waals surface area contributed by atoms with Crippen molar-refractivity contribution in [1.29, 1.82) is 0 Å². The average Bonchev–Trinajstić information content (AvgIpc) is 2.27. The molecule has 0 bridgehead atoms. The summed E-state index contributed by atoms with van der Waals surface area (Å²) < 4.78 is 0. The summed E-state index contributed by atoms with van der Waals surface area (Å²) in [7, 11) is 0. The first-order chi connectivity index (χ1) is 7.07. The van der Waals surface area contributed by atoms with Gasteiger partial charge in [0, 0.05) is 18.3 Å². The highest BCUT2D eigenvalue weighted by Gasteiger charge is 2.15. The van der Waals surface area contributed by atoms with Gasteiger partial charge in [0.05, 0.1) is 0 Å². The number of hydrogen-bond acceptors (Lipinski definition) is 4. The van der Waals surface area contributed by atoms with Crippen LogP contribution in [0.3, 0.4) is 0 Å². The summed E-state index contributed by atoms with van der Waals surface area (Å²) in [5, 5.41) is 3.28. The van der Waals surface area contributed by atoms with Crippen molar-refractivity contribution < 1.29 is 0 Å². The average molecular weight is 208 g/mol. The van der Waals surface area contributed by atoms with Gasteiger partial charge < -0.3 is 11.1 Å². The zero-order valence-corrected chi connectivity index (χ0v) is 9.75. The summed E-state index contributed by atoms with van der Waals surface area (Å²) in [6.45, 7) is 7.81. The van der Waals surface area contributed by atoms with Gasteiger partial charge in [-0.15, -0.1) is 0 Å². The Kier molecular flexibility index (Phi) is 4.03. The predicted molar refractivity (Wildman–Crippen MR) is 62.7 cm³/mol. The maximum absolute atomic E-state index is 5.65. The van der Waals surface area contributed by atoms with Crippen molar-refractivity contribution in [2.75, 3.05) is 18.4 Å². The zero-order valence-electron chi connectivity index (χ0n) is 9.75. The van der Waals surface area contributed by atoms with Crippen LogP contribution in [0.4, 0.5) is 5.82 Å². The molecule has 0 aliphatic heterocycles. The van der Waals surface area contributed by atoms with E-state index in [0.29, 0.717) is 6.54 Å². The Balaban J connectivity index is 2.57. The molecule has 3 N–H and O–H groups in total. The molecule has 4 nitrogen and oxygen atoms in total. The Morgan fingerprint density at radius 3 is 2.73 bits per heavy atom. The highest BCUT2D eigenvalue weighted by molar-refractivity contribution is 5.34. The highest BCUT2D eigenvalue weighted by Crippen LogP contribution is 2.13. The number of rotatable bonds is 5. The summed E-state index contributed by atoms with van der Waals surface area (Å²) in [6.07, 6.45) is 2.52. The third-order valence-electron chi connectivity index (χ3n) is 2.39. The van der Waals surface area contributed by atoms with Gasteiger partial charge in [0.25, 0.3) is 0 Å². The number of anilines is 1. The van der Waals surface area contributed by atoms with Crippen LogP contribution in [0.15, 0.2) is 12.4 Å². The molecule has 0 aliphatic rings. The lowest BCUT2D eigenvalue weighted by atomic mass is 9.94. The fourth-order valence-electron chi connectivity index (χ4n) is 1.09. The van der Waals surface area contributed by atoms with E-state index in [9.17, 15) is 0 Å². The van der Waals surface area contributed by atoms with Crippen LogP contribution in [0.25, 0.3) is 0 Å². The van der Waals surface area contributed by atoms with Crippen LogP contribution in [0.2, 0.25) is 0 Å². The first-order valence-electron chi connectivity index (χ1n) is 5.32. The van der Waals surface area contributed by atoms with Crippen molar-refractivity contribution in [3.05, 3.63) is 18.1 Å². The first kappa shape index (κ1) is 11.9. The van der Waals surface area contributed by atoms with Gasteiger partial charge in [-0.1, -0.05) is 20.8 Å². The maximum Gasteiger partial charge on any atom is 0.129 e. The Hall–Kier alpha value is -1.16. The molecule has 4 heteroatoms. The van der Waals surface area contributed by atoms with E-state index < -0.39 is 0 Å². The van der Waals surface area contributed by atoms with Gasteiger partial charge in [-0.25, -0.2) is 9.97 Å². The molecule has 0 aromatic carbocycles. The molecule has 15 heavy (non-hydrogen) atoms. The van der Waals surface area contributed by atoms with Gasteiger partial charge in [-0.05, 0) is 18.4 Å². The molecule has 84 valence electrons. The fourth-order valence-corrected chi connectivity index (χ4v) is 1.09. The Labute approximate surface area is 91.3 Å². The third-order valence-corrected chi connectivity index (χ3v) is 2.39. The SMILES string of the molecule is CCc1cc(NCC(C)(C)CN)ncn1. The van der Waals surface area contributed by atoms with Crippen molar-refractivity contribution >= 4 is 5.82 Å². The van der Waals surface area contributed by atoms with Crippen molar-refractivity contribution in [3.8, 4) is 0 Å².